The van der Waals surface area contributed by atoms with Gasteiger partial charge in [0.2, 0.25) is 11.6 Å². The Balaban J connectivity index is 1.62. The molecule has 40 heavy (non-hydrogen) atoms. The molecule has 0 spiro atoms. The second-order valence-corrected chi connectivity index (χ2v) is 15.5. The molecule has 0 radical (unpaired) electrons. The van der Waals surface area contributed by atoms with Crippen LogP contribution in [-0.2, 0) is 41.3 Å². The molecule has 1 amide bonds. The lowest BCUT2D eigenvalue weighted by Gasteiger charge is -2.43. The van der Waals surface area contributed by atoms with Crippen LogP contribution in [0.15, 0.2) is 47.4 Å². The first-order valence-corrected chi connectivity index (χ1v) is 16.2. The Kier molecular flexibility index (Phi) is 6.88. The molecule has 13 heteroatoms. The molecule has 1 saturated carbocycles. The molecule has 2 aromatic carbocycles. The number of aryl methyl sites for hydroxylation is 1. The van der Waals surface area contributed by atoms with E-state index in [-0.39, 0.29) is 72.2 Å². The molecule has 1 unspecified atom stereocenters. The van der Waals surface area contributed by atoms with E-state index >= 15 is 0 Å². The highest BCUT2D eigenvalue weighted by molar-refractivity contribution is 7.92. The smallest absolute Gasteiger partial charge is 0.340 e. The minimum atomic E-state index is -5.19. The van der Waals surface area contributed by atoms with Crippen molar-refractivity contribution in [2.75, 3.05) is 24.6 Å². The second-order valence-electron chi connectivity index (χ2n) is 11.0. The lowest BCUT2D eigenvalue weighted by Crippen LogP contribution is -2.50. The summed E-state index contributed by atoms with van der Waals surface area (Å²) in [6.45, 7) is 0.400. The minimum absolute atomic E-state index is 0.00539. The number of halogens is 5. The Labute approximate surface area is 229 Å². The zero-order chi connectivity index (χ0) is 29.3. The summed E-state index contributed by atoms with van der Waals surface area (Å²) in [4.78, 5) is 14.9. The summed E-state index contributed by atoms with van der Waals surface area (Å²) >= 11 is 0. The predicted octanol–water partition coefficient (Wildman–Crippen LogP) is 4.47. The van der Waals surface area contributed by atoms with Gasteiger partial charge in [0.1, 0.15) is 10.6 Å². The van der Waals surface area contributed by atoms with Crippen LogP contribution >= 0.6 is 0 Å². The van der Waals surface area contributed by atoms with E-state index in [0.717, 1.165) is 36.4 Å². The number of sulfone groups is 2. The van der Waals surface area contributed by atoms with Gasteiger partial charge >= 0.3 is 6.18 Å². The average Bonchev–Trinajstić information content (AvgIpc) is 3.29. The molecular weight excluding hydrogens is 577 g/mol. The maximum Gasteiger partial charge on any atom is 0.426 e. The van der Waals surface area contributed by atoms with Gasteiger partial charge in [-0.2, -0.15) is 13.2 Å². The summed E-state index contributed by atoms with van der Waals surface area (Å²) in [5, 5.41) is 0. The normalized spacial score (nSPS) is 27.9. The zero-order valence-corrected chi connectivity index (χ0v) is 23.2. The average molecular weight is 606 g/mol. The van der Waals surface area contributed by atoms with Gasteiger partial charge in [-0.25, -0.2) is 25.6 Å². The number of amides is 1. The first kappa shape index (κ1) is 29.0. The molecule has 2 fully saturated rings. The van der Waals surface area contributed by atoms with Crippen LogP contribution in [0.5, 0.6) is 0 Å². The van der Waals surface area contributed by atoms with Gasteiger partial charge in [0.25, 0.3) is 0 Å². The lowest BCUT2D eigenvalue weighted by molar-refractivity contribution is -0.228. The van der Waals surface area contributed by atoms with E-state index in [1.165, 1.54) is 11.0 Å². The van der Waals surface area contributed by atoms with Crippen LogP contribution in [-0.4, -0.2) is 58.4 Å². The fourth-order valence-electron chi connectivity index (χ4n) is 6.60. The fraction of sp³-hybridized carbons (Fsp3) is 0.519. The Morgan fingerprint density at radius 1 is 1.00 bits per heavy atom. The maximum atomic E-state index is 14.9. The van der Waals surface area contributed by atoms with E-state index in [2.05, 4.69) is 0 Å². The number of benzene rings is 2. The van der Waals surface area contributed by atoms with Crippen LogP contribution in [0, 0.1) is 17.7 Å². The van der Waals surface area contributed by atoms with Crippen LogP contribution < -0.4 is 0 Å². The summed E-state index contributed by atoms with van der Waals surface area (Å²) in [6, 6.07) is 7.46. The molecule has 6 nitrogen and oxygen atoms in total. The summed E-state index contributed by atoms with van der Waals surface area (Å²) in [7, 11) is -7.60. The number of carbonyl (C=O) groups is 1. The van der Waals surface area contributed by atoms with Gasteiger partial charge in [-0.05, 0) is 79.5 Å². The standard InChI is InChI=1S/C27H28F5NO5S2/c1-25(29,27(30,31)32)18-3-9-22-17(16-18)2-8-23-21(24(34)33-12-14-39(35,36)15-13-33)10-11-26(22,23)40(37,38)20-6-4-19(28)5-7-20/h3-7,9,16,21,23H,2,8,10-15H2,1H3/t21-,23+,25?,26-/m1/s1. The van der Waals surface area contributed by atoms with Crippen molar-refractivity contribution in [2.24, 2.45) is 11.8 Å². The lowest BCUT2D eigenvalue weighted by atomic mass is 9.72. The molecule has 1 aliphatic heterocycles. The molecule has 5 rings (SSSR count). The number of carbonyl (C=O) groups excluding carboxylic acids is 1. The predicted molar refractivity (Wildman–Crippen MR) is 136 cm³/mol. The van der Waals surface area contributed by atoms with Crippen molar-refractivity contribution in [3.05, 3.63) is 65.0 Å². The Morgan fingerprint density at radius 2 is 1.62 bits per heavy atom. The number of fused-ring (bicyclic) bond motifs is 3. The topological polar surface area (TPSA) is 88.6 Å². The number of rotatable bonds is 4. The number of hydrogen-bond donors (Lipinski definition) is 0. The summed E-state index contributed by atoms with van der Waals surface area (Å²) in [5.41, 5.74) is -3.84. The number of alkyl halides is 4. The first-order valence-electron chi connectivity index (χ1n) is 12.9. The maximum absolute atomic E-state index is 14.9. The summed E-state index contributed by atoms with van der Waals surface area (Å²) < 4.78 is 120. The second kappa shape index (κ2) is 9.50. The van der Waals surface area contributed by atoms with E-state index in [9.17, 15) is 43.6 Å². The highest BCUT2D eigenvalue weighted by atomic mass is 32.2. The monoisotopic (exact) mass is 605 g/mol. The van der Waals surface area contributed by atoms with Crippen LogP contribution in [0.2, 0.25) is 0 Å². The van der Waals surface area contributed by atoms with Crippen LogP contribution in [0.4, 0.5) is 22.0 Å². The Bertz CT molecular complexity index is 1540. The van der Waals surface area contributed by atoms with Gasteiger partial charge < -0.3 is 4.90 Å². The van der Waals surface area contributed by atoms with E-state index < -0.39 is 59.5 Å². The Morgan fingerprint density at radius 3 is 2.23 bits per heavy atom. The number of hydrogen-bond acceptors (Lipinski definition) is 5. The van der Waals surface area contributed by atoms with Crippen LogP contribution in [0.1, 0.15) is 42.9 Å². The van der Waals surface area contributed by atoms with Crippen molar-refractivity contribution in [1.82, 2.24) is 4.90 Å². The van der Waals surface area contributed by atoms with Gasteiger partial charge in [0.05, 0.1) is 16.4 Å². The van der Waals surface area contributed by atoms with Crippen molar-refractivity contribution in [3.8, 4) is 0 Å². The molecule has 0 bridgehead atoms. The molecule has 2 aliphatic carbocycles. The first-order chi connectivity index (χ1) is 18.5. The molecule has 3 aliphatic rings. The number of nitrogens with zero attached hydrogens (tertiary/aromatic N) is 1. The van der Waals surface area contributed by atoms with E-state index in [0.29, 0.717) is 6.92 Å². The van der Waals surface area contributed by atoms with Gasteiger partial charge in [0, 0.05) is 19.0 Å². The van der Waals surface area contributed by atoms with Crippen LogP contribution in [0.25, 0.3) is 0 Å². The van der Waals surface area contributed by atoms with Gasteiger partial charge in [0.15, 0.2) is 19.7 Å². The molecular formula is C27H28F5NO5S2. The van der Waals surface area contributed by atoms with Crippen molar-refractivity contribution in [3.63, 3.8) is 0 Å². The van der Waals surface area contributed by atoms with Crippen molar-refractivity contribution >= 4 is 25.6 Å². The Hall–Kier alpha value is -2.54. The molecule has 4 atom stereocenters. The van der Waals surface area contributed by atoms with E-state index in [4.69, 9.17) is 0 Å². The third kappa shape index (κ3) is 4.43. The zero-order valence-electron chi connectivity index (χ0n) is 21.5. The molecule has 218 valence electrons. The highest BCUT2D eigenvalue weighted by Crippen LogP contribution is 2.60. The molecule has 1 heterocycles. The van der Waals surface area contributed by atoms with Crippen molar-refractivity contribution in [2.45, 2.75) is 54.1 Å². The van der Waals surface area contributed by atoms with E-state index in [1.54, 1.807) is 0 Å². The molecule has 2 aromatic rings. The van der Waals surface area contributed by atoms with Crippen LogP contribution in [0.3, 0.4) is 0 Å². The fourth-order valence-corrected chi connectivity index (χ4v) is 10.3. The minimum Gasteiger partial charge on any atom is -0.340 e. The van der Waals surface area contributed by atoms with Gasteiger partial charge in [-0.1, -0.05) is 18.2 Å². The summed E-state index contributed by atoms with van der Waals surface area (Å²) in [5.74, 6) is -2.94. The summed E-state index contributed by atoms with van der Waals surface area (Å²) in [6.07, 6.45) is -4.81. The third-order valence-electron chi connectivity index (χ3n) is 8.85. The molecule has 0 N–H and O–H groups in total. The van der Waals surface area contributed by atoms with Crippen molar-refractivity contribution < 1.29 is 43.6 Å². The third-order valence-corrected chi connectivity index (χ3v) is 13.0. The van der Waals surface area contributed by atoms with E-state index in [1.807, 2.05) is 0 Å². The van der Waals surface area contributed by atoms with Crippen molar-refractivity contribution in [1.29, 1.82) is 0 Å². The quantitative estimate of drug-likeness (QED) is 0.379. The molecule has 0 aromatic heterocycles. The van der Waals surface area contributed by atoms with Gasteiger partial charge in [-0.3, -0.25) is 4.79 Å². The largest absolute Gasteiger partial charge is 0.426 e. The SMILES string of the molecule is CC(F)(c1ccc2c(c1)CC[C@H]1[C@H](C(=O)N3CCS(=O)(=O)CC3)CC[C@@]21S(=O)(=O)c1ccc(F)cc1)C(F)(F)F. The highest BCUT2D eigenvalue weighted by Gasteiger charge is 2.62. The molecule has 1 saturated heterocycles. The van der Waals surface area contributed by atoms with Gasteiger partial charge in [-0.15, -0.1) is 0 Å².